The standard InChI is InChI=1S/C13H29NO3S/c1-4-5-6-7-8-9-10-17-11-13(2,3)12-18(14,15)16/h4-12H2,1-3H3,(H2,14,15,16). The van der Waals surface area contributed by atoms with Gasteiger partial charge in [0.05, 0.1) is 12.4 Å². The first kappa shape index (κ1) is 17.9. The molecule has 0 aromatic rings. The maximum absolute atomic E-state index is 11.0. The van der Waals surface area contributed by atoms with Gasteiger partial charge in [-0.2, -0.15) is 0 Å². The van der Waals surface area contributed by atoms with Crippen LogP contribution in [0.4, 0.5) is 0 Å². The summed E-state index contributed by atoms with van der Waals surface area (Å²) >= 11 is 0. The van der Waals surface area contributed by atoms with Crippen LogP contribution in [0.5, 0.6) is 0 Å². The smallest absolute Gasteiger partial charge is 0.209 e. The predicted molar refractivity (Wildman–Crippen MR) is 76.0 cm³/mol. The van der Waals surface area contributed by atoms with Crippen molar-refractivity contribution in [3.05, 3.63) is 0 Å². The number of hydrogen-bond acceptors (Lipinski definition) is 3. The van der Waals surface area contributed by atoms with Gasteiger partial charge in [-0.25, -0.2) is 13.6 Å². The second kappa shape index (κ2) is 8.88. The molecule has 0 fully saturated rings. The van der Waals surface area contributed by atoms with Gasteiger partial charge in [0, 0.05) is 12.0 Å². The summed E-state index contributed by atoms with van der Waals surface area (Å²) < 4.78 is 27.5. The van der Waals surface area contributed by atoms with E-state index >= 15 is 0 Å². The molecule has 0 amide bonds. The van der Waals surface area contributed by atoms with Crippen molar-refractivity contribution in [2.45, 2.75) is 59.3 Å². The molecule has 0 saturated heterocycles. The molecular formula is C13H29NO3S. The second-order valence-electron chi connectivity index (χ2n) is 5.79. The molecule has 0 radical (unpaired) electrons. The summed E-state index contributed by atoms with van der Waals surface area (Å²) in [5.74, 6) is -0.0312. The molecule has 0 spiro atoms. The van der Waals surface area contributed by atoms with Gasteiger partial charge in [0.2, 0.25) is 10.0 Å². The van der Waals surface area contributed by atoms with Crippen molar-refractivity contribution in [3.63, 3.8) is 0 Å². The Morgan fingerprint density at radius 1 is 1.06 bits per heavy atom. The molecule has 0 aromatic carbocycles. The molecule has 0 heterocycles. The first-order chi connectivity index (χ1) is 8.27. The number of sulfonamides is 1. The van der Waals surface area contributed by atoms with Crippen LogP contribution in [-0.4, -0.2) is 27.4 Å². The molecule has 110 valence electrons. The Labute approximate surface area is 112 Å². The van der Waals surface area contributed by atoms with Crippen molar-refractivity contribution < 1.29 is 13.2 Å². The molecule has 0 aliphatic heterocycles. The Kier molecular flexibility index (Phi) is 8.82. The average Bonchev–Trinajstić information content (AvgIpc) is 2.18. The van der Waals surface area contributed by atoms with Crippen LogP contribution in [0.2, 0.25) is 0 Å². The van der Waals surface area contributed by atoms with Gasteiger partial charge >= 0.3 is 0 Å². The zero-order chi connectivity index (χ0) is 14.1. The van der Waals surface area contributed by atoms with Crippen LogP contribution in [0.1, 0.15) is 59.3 Å². The first-order valence-electron chi connectivity index (χ1n) is 6.85. The number of rotatable bonds is 11. The van der Waals surface area contributed by atoms with Crippen molar-refractivity contribution in [1.82, 2.24) is 0 Å². The number of primary sulfonamides is 1. The average molecular weight is 279 g/mol. The highest BCUT2D eigenvalue weighted by atomic mass is 32.2. The summed E-state index contributed by atoms with van der Waals surface area (Å²) in [6.07, 6.45) is 7.37. The first-order valence-corrected chi connectivity index (χ1v) is 8.56. The molecule has 0 unspecified atom stereocenters. The Balaban J connectivity index is 3.53. The minimum atomic E-state index is -3.42. The van der Waals surface area contributed by atoms with E-state index in [1.807, 2.05) is 13.8 Å². The van der Waals surface area contributed by atoms with E-state index in [1.54, 1.807) is 0 Å². The van der Waals surface area contributed by atoms with E-state index in [0.29, 0.717) is 13.2 Å². The summed E-state index contributed by atoms with van der Waals surface area (Å²) in [5, 5.41) is 5.04. The fourth-order valence-corrected chi connectivity index (χ4v) is 3.09. The summed E-state index contributed by atoms with van der Waals surface area (Å²) in [6, 6.07) is 0. The topological polar surface area (TPSA) is 69.4 Å². The molecule has 0 saturated carbocycles. The van der Waals surface area contributed by atoms with E-state index < -0.39 is 15.4 Å². The molecule has 2 N–H and O–H groups in total. The van der Waals surface area contributed by atoms with Crippen LogP contribution >= 0.6 is 0 Å². The molecular weight excluding hydrogens is 250 g/mol. The zero-order valence-electron chi connectivity index (χ0n) is 12.1. The fraction of sp³-hybridized carbons (Fsp3) is 1.00. The lowest BCUT2D eigenvalue weighted by Crippen LogP contribution is -2.32. The highest BCUT2D eigenvalue weighted by Gasteiger charge is 2.24. The molecule has 4 nitrogen and oxygen atoms in total. The van der Waals surface area contributed by atoms with E-state index in [0.717, 1.165) is 6.42 Å². The lowest BCUT2D eigenvalue weighted by atomic mass is 9.98. The van der Waals surface area contributed by atoms with Crippen molar-refractivity contribution in [1.29, 1.82) is 0 Å². The van der Waals surface area contributed by atoms with E-state index in [-0.39, 0.29) is 5.75 Å². The largest absolute Gasteiger partial charge is 0.381 e. The van der Waals surface area contributed by atoms with Gasteiger partial charge in [0.1, 0.15) is 0 Å². The number of nitrogens with two attached hydrogens (primary N) is 1. The summed E-state index contributed by atoms with van der Waals surface area (Å²) in [4.78, 5) is 0. The molecule has 5 heteroatoms. The third-order valence-corrected chi connectivity index (χ3v) is 3.91. The van der Waals surface area contributed by atoms with Crippen LogP contribution in [0, 0.1) is 5.41 Å². The minimum absolute atomic E-state index is 0.0312. The molecule has 0 aliphatic carbocycles. The van der Waals surface area contributed by atoms with Gasteiger partial charge in [-0.1, -0.05) is 52.9 Å². The lowest BCUT2D eigenvalue weighted by molar-refractivity contribution is 0.0699. The maximum atomic E-state index is 11.0. The quantitative estimate of drug-likeness (QED) is 0.591. The van der Waals surface area contributed by atoms with Crippen LogP contribution in [0.15, 0.2) is 0 Å². The van der Waals surface area contributed by atoms with Gasteiger partial charge in [-0.15, -0.1) is 0 Å². The Morgan fingerprint density at radius 2 is 1.61 bits per heavy atom. The highest BCUT2D eigenvalue weighted by Crippen LogP contribution is 2.17. The van der Waals surface area contributed by atoms with Crippen molar-refractivity contribution >= 4 is 10.0 Å². The number of hydrogen-bond donors (Lipinski definition) is 1. The predicted octanol–water partition coefficient (Wildman–Crippen LogP) is 2.68. The van der Waals surface area contributed by atoms with E-state index in [1.165, 1.54) is 32.1 Å². The second-order valence-corrected chi connectivity index (χ2v) is 7.41. The molecule has 0 atom stereocenters. The fourth-order valence-electron chi connectivity index (χ4n) is 1.92. The van der Waals surface area contributed by atoms with Crippen LogP contribution < -0.4 is 5.14 Å². The van der Waals surface area contributed by atoms with E-state index in [2.05, 4.69) is 6.92 Å². The monoisotopic (exact) mass is 279 g/mol. The Hall–Kier alpha value is -0.130. The van der Waals surface area contributed by atoms with Gasteiger partial charge in [-0.3, -0.25) is 0 Å². The highest BCUT2D eigenvalue weighted by molar-refractivity contribution is 7.89. The van der Waals surface area contributed by atoms with Crippen LogP contribution in [-0.2, 0) is 14.8 Å². The maximum Gasteiger partial charge on any atom is 0.209 e. The van der Waals surface area contributed by atoms with Crippen LogP contribution in [0.3, 0.4) is 0 Å². The third-order valence-electron chi connectivity index (χ3n) is 2.73. The summed E-state index contributed by atoms with van der Waals surface area (Å²) in [7, 11) is -3.42. The van der Waals surface area contributed by atoms with Crippen LogP contribution in [0.25, 0.3) is 0 Å². The summed E-state index contributed by atoms with van der Waals surface area (Å²) in [6.45, 7) is 7.08. The summed E-state index contributed by atoms with van der Waals surface area (Å²) in [5.41, 5.74) is -0.407. The number of ether oxygens (including phenoxy) is 1. The van der Waals surface area contributed by atoms with Gasteiger partial charge in [-0.05, 0) is 6.42 Å². The van der Waals surface area contributed by atoms with Crippen molar-refractivity contribution in [3.8, 4) is 0 Å². The number of unbranched alkanes of at least 4 members (excludes halogenated alkanes) is 5. The molecule has 0 aliphatic rings. The van der Waals surface area contributed by atoms with E-state index in [4.69, 9.17) is 9.88 Å². The lowest BCUT2D eigenvalue weighted by Gasteiger charge is -2.22. The molecule has 0 rings (SSSR count). The van der Waals surface area contributed by atoms with Gasteiger partial charge in [0.15, 0.2) is 0 Å². The van der Waals surface area contributed by atoms with Crippen molar-refractivity contribution in [2.75, 3.05) is 19.0 Å². The normalized spacial score (nSPS) is 12.9. The minimum Gasteiger partial charge on any atom is -0.381 e. The SMILES string of the molecule is CCCCCCCCOCC(C)(C)CS(N)(=O)=O. The Morgan fingerprint density at radius 3 is 2.17 bits per heavy atom. The van der Waals surface area contributed by atoms with E-state index in [9.17, 15) is 8.42 Å². The van der Waals surface area contributed by atoms with Gasteiger partial charge < -0.3 is 4.74 Å². The molecule has 0 bridgehead atoms. The van der Waals surface area contributed by atoms with Crippen molar-refractivity contribution in [2.24, 2.45) is 10.6 Å². The zero-order valence-corrected chi connectivity index (χ0v) is 12.9. The molecule has 18 heavy (non-hydrogen) atoms. The third kappa shape index (κ3) is 12.3. The van der Waals surface area contributed by atoms with Gasteiger partial charge in [0.25, 0.3) is 0 Å². The molecule has 0 aromatic heterocycles. The Bertz CT molecular complexity index is 299.